The molecule has 2 aromatic carbocycles. The van der Waals surface area contributed by atoms with Crippen LogP contribution in [0.4, 0.5) is 0 Å². The highest BCUT2D eigenvalue weighted by Gasteiger charge is 2.23. The highest BCUT2D eigenvalue weighted by molar-refractivity contribution is 7.91. The van der Waals surface area contributed by atoms with Crippen molar-refractivity contribution in [3.05, 3.63) is 64.4 Å². The third-order valence-electron chi connectivity index (χ3n) is 4.06. The number of hydrogen-bond donors (Lipinski definition) is 0. The molecule has 3 rings (SSSR count). The van der Waals surface area contributed by atoms with Gasteiger partial charge in [0.15, 0.2) is 0 Å². The summed E-state index contributed by atoms with van der Waals surface area (Å²) in [6, 6.07) is 11.6. The topological polar surface area (TPSA) is 65.4 Å². The summed E-state index contributed by atoms with van der Waals surface area (Å²) in [6.07, 6.45) is 1.38. The fourth-order valence-electron chi connectivity index (χ4n) is 2.73. The van der Waals surface area contributed by atoms with Crippen LogP contribution in [0.5, 0.6) is 5.75 Å². The molecule has 0 atom stereocenters. The van der Waals surface area contributed by atoms with Gasteiger partial charge < -0.3 is 9.30 Å². The lowest BCUT2D eigenvalue weighted by Crippen LogP contribution is -2.18. The van der Waals surface area contributed by atoms with E-state index in [1.54, 1.807) is 41.9 Å². The average molecular weight is 357 g/mol. The third-order valence-corrected chi connectivity index (χ3v) is 5.82. The molecule has 1 heterocycles. The Kier molecular flexibility index (Phi) is 4.39. The second-order valence-corrected chi connectivity index (χ2v) is 7.78. The summed E-state index contributed by atoms with van der Waals surface area (Å²) in [5, 5.41) is 0.321. The fourth-order valence-corrected chi connectivity index (χ4v) is 4.13. The Morgan fingerprint density at radius 2 is 1.76 bits per heavy atom. The van der Waals surface area contributed by atoms with Crippen molar-refractivity contribution in [3.8, 4) is 5.75 Å². The highest BCUT2D eigenvalue weighted by Crippen LogP contribution is 2.23. The van der Waals surface area contributed by atoms with E-state index in [1.807, 2.05) is 13.8 Å². The second kappa shape index (κ2) is 6.37. The van der Waals surface area contributed by atoms with E-state index in [9.17, 15) is 13.2 Å². The fraction of sp³-hybridized carbons (Fsp3) is 0.211. The SMILES string of the molecule is CCOc1ccc2c(c1)c(=O)c(S(=O)(=O)c1ccc(C)cc1)cn2C. The molecule has 0 aliphatic heterocycles. The van der Waals surface area contributed by atoms with Crippen molar-refractivity contribution in [3.63, 3.8) is 0 Å². The first kappa shape index (κ1) is 17.2. The molecule has 0 radical (unpaired) electrons. The van der Waals surface area contributed by atoms with E-state index in [-0.39, 0.29) is 9.79 Å². The van der Waals surface area contributed by atoms with Gasteiger partial charge in [0.2, 0.25) is 15.3 Å². The van der Waals surface area contributed by atoms with Gasteiger partial charge in [-0.05, 0) is 44.2 Å². The Morgan fingerprint density at radius 1 is 1.08 bits per heavy atom. The number of aromatic nitrogens is 1. The molecule has 6 heteroatoms. The summed E-state index contributed by atoms with van der Waals surface area (Å²) < 4.78 is 32.9. The van der Waals surface area contributed by atoms with E-state index in [4.69, 9.17) is 4.74 Å². The molecule has 5 nitrogen and oxygen atoms in total. The predicted octanol–water partition coefficient (Wildman–Crippen LogP) is 3.08. The van der Waals surface area contributed by atoms with Gasteiger partial charge in [0.05, 0.1) is 22.4 Å². The number of aryl methyl sites for hydroxylation is 2. The van der Waals surface area contributed by atoms with E-state index in [2.05, 4.69) is 0 Å². The number of fused-ring (bicyclic) bond motifs is 1. The minimum Gasteiger partial charge on any atom is -0.494 e. The molecule has 0 bridgehead atoms. The normalized spacial score (nSPS) is 11.6. The number of sulfone groups is 1. The van der Waals surface area contributed by atoms with Crippen molar-refractivity contribution in [1.29, 1.82) is 0 Å². The van der Waals surface area contributed by atoms with E-state index in [1.165, 1.54) is 18.3 Å². The molecule has 3 aromatic rings. The van der Waals surface area contributed by atoms with Crippen molar-refractivity contribution in [2.75, 3.05) is 6.61 Å². The Labute approximate surface area is 146 Å². The monoisotopic (exact) mass is 357 g/mol. The average Bonchev–Trinajstić information content (AvgIpc) is 2.58. The maximum atomic E-state index is 12.9. The van der Waals surface area contributed by atoms with Gasteiger partial charge in [0, 0.05) is 13.2 Å². The van der Waals surface area contributed by atoms with Gasteiger partial charge in [-0.15, -0.1) is 0 Å². The Bertz CT molecular complexity index is 1100. The third kappa shape index (κ3) is 3.05. The van der Waals surface area contributed by atoms with Gasteiger partial charge in [0.1, 0.15) is 10.6 Å². The van der Waals surface area contributed by atoms with Crippen LogP contribution >= 0.6 is 0 Å². The van der Waals surface area contributed by atoms with Crippen LogP contribution in [-0.4, -0.2) is 19.6 Å². The summed E-state index contributed by atoms with van der Waals surface area (Å²) in [7, 11) is -2.18. The van der Waals surface area contributed by atoms with Crippen LogP contribution in [0.3, 0.4) is 0 Å². The Morgan fingerprint density at radius 3 is 2.40 bits per heavy atom. The molecule has 0 aliphatic carbocycles. The van der Waals surface area contributed by atoms with Gasteiger partial charge >= 0.3 is 0 Å². The van der Waals surface area contributed by atoms with Crippen LogP contribution in [0.2, 0.25) is 0 Å². The Balaban J connectivity index is 2.27. The number of nitrogens with zero attached hydrogens (tertiary/aromatic N) is 1. The second-order valence-electron chi connectivity index (χ2n) is 5.86. The molecule has 0 saturated heterocycles. The van der Waals surface area contributed by atoms with Gasteiger partial charge in [-0.1, -0.05) is 17.7 Å². The van der Waals surface area contributed by atoms with Crippen LogP contribution in [-0.2, 0) is 16.9 Å². The first-order chi connectivity index (χ1) is 11.8. The Hall–Kier alpha value is -2.60. The first-order valence-corrected chi connectivity index (χ1v) is 9.41. The van der Waals surface area contributed by atoms with Crippen molar-refractivity contribution >= 4 is 20.7 Å². The van der Waals surface area contributed by atoms with Crippen LogP contribution in [0.15, 0.2) is 63.2 Å². The van der Waals surface area contributed by atoms with Crippen molar-refractivity contribution in [1.82, 2.24) is 4.57 Å². The summed E-state index contributed by atoms with van der Waals surface area (Å²) in [5.41, 5.74) is 1.08. The number of benzene rings is 2. The maximum Gasteiger partial charge on any atom is 0.211 e. The summed E-state index contributed by atoms with van der Waals surface area (Å²) in [5.74, 6) is 0.539. The number of pyridine rings is 1. The van der Waals surface area contributed by atoms with E-state index >= 15 is 0 Å². The molecule has 25 heavy (non-hydrogen) atoms. The van der Waals surface area contributed by atoms with Crippen LogP contribution in [0.25, 0.3) is 10.9 Å². The van der Waals surface area contributed by atoms with Gasteiger partial charge in [-0.3, -0.25) is 4.79 Å². The standard InChI is InChI=1S/C19H19NO4S/c1-4-24-14-7-10-17-16(11-14)19(21)18(12-20(17)3)25(22,23)15-8-5-13(2)6-9-15/h5-12H,4H2,1-3H3. The molecule has 0 saturated carbocycles. The molecular formula is C19H19NO4S. The molecule has 0 spiro atoms. The number of ether oxygens (including phenoxy) is 1. The smallest absolute Gasteiger partial charge is 0.211 e. The van der Waals surface area contributed by atoms with Gasteiger partial charge in [-0.25, -0.2) is 8.42 Å². The maximum absolute atomic E-state index is 12.9. The minimum atomic E-state index is -3.90. The minimum absolute atomic E-state index is 0.107. The lowest BCUT2D eigenvalue weighted by atomic mass is 10.2. The van der Waals surface area contributed by atoms with Crippen molar-refractivity contribution in [2.24, 2.45) is 7.05 Å². The number of rotatable bonds is 4. The molecule has 1 aromatic heterocycles. The van der Waals surface area contributed by atoms with E-state index < -0.39 is 15.3 Å². The zero-order valence-corrected chi connectivity index (χ0v) is 15.1. The largest absolute Gasteiger partial charge is 0.494 e. The quantitative estimate of drug-likeness (QED) is 0.720. The lowest BCUT2D eigenvalue weighted by Gasteiger charge is -2.11. The zero-order valence-electron chi connectivity index (χ0n) is 14.3. The highest BCUT2D eigenvalue weighted by atomic mass is 32.2. The van der Waals surface area contributed by atoms with E-state index in [0.29, 0.717) is 23.3 Å². The zero-order chi connectivity index (χ0) is 18.2. The summed E-state index contributed by atoms with van der Waals surface area (Å²) in [4.78, 5) is 12.7. The van der Waals surface area contributed by atoms with E-state index in [0.717, 1.165) is 5.56 Å². The molecular weight excluding hydrogens is 338 g/mol. The summed E-state index contributed by atoms with van der Waals surface area (Å²) >= 11 is 0. The van der Waals surface area contributed by atoms with Crippen LogP contribution in [0.1, 0.15) is 12.5 Å². The van der Waals surface area contributed by atoms with Crippen molar-refractivity contribution < 1.29 is 13.2 Å². The molecule has 0 fully saturated rings. The molecule has 130 valence electrons. The lowest BCUT2D eigenvalue weighted by molar-refractivity contribution is 0.340. The van der Waals surface area contributed by atoms with Crippen LogP contribution in [0, 0.1) is 6.92 Å². The van der Waals surface area contributed by atoms with Crippen LogP contribution < -0.4 is 10.2 Å². The van der Waals surface area contributed by atoms with Gasteiger partial charge in [-0.2, -0.15) is 0 Å². The van der Waals surface area contributed by atoms with Crippen molar-refractivity contribution in [2.45, 2.75) is 23.6 Å². The summed E-state index contributed by atoms with van der Waals surface area (Å²) in [6.45, 7) is 4.19. The predicted molar refractivity (Wildman–Crippen MR) is 97.0 cm³/mol. The van der Waals surface area contributed by atoms with Gasteiger partial charge in [0.25, 0.3) is 0 Å². The molecule has 0 aliphatic rings. The number of hydrogen-bond acceptors (Lipinski definition) is 4. The molecule has 0 N–H and O–H groups in total. The molecule has 0 amide bonds. The first-order valence-electron chi connectivity index (χ1n) is 7.92. The molecule has 0 unspecified atom stereocenters.